The number of hydrogen-bond acceptors (Lipinski definition) is 4. The van der Waals surface area contributed by atoms with Crippen molar-refractivity contribution in [2.24, 2.45) is 5.73 Å². The average molecular weight is 371 g/mol. The largest absolute Gasteiger partial charge is 0.352 e. The van der Waals surface area contributed by atoms with Crippen molar-refractivity contribution in [2.45, 2.75) is 23.3 Å². The molecule has 0 bridgehead atoms. The summed E-state index contributed by atoms with van der Waals surface area (Å²) < 4.78 is 27.6. The van der Waals surface area contributed by atoms with Gasteiger partial charge in [0.1, 0.15) is 0 Å². The van der Waals surface area contributed by atoms with Gasteiger partial charge in [-0.25, -0.2) is 8.42 Å². The van der Waals surface area contributed by atoms with E-state index in [0.717, 1.165) is 11.1 Å². The van der Waals surface area contributed by atoms with E-state index in [1.807, 2.05) is 30.3 Å². The second-order valence-electron chi connectivity index (χ2n) is 6.83. The van der Waals surface area contributed by atoms with Crippen molar-refractivity contribution in [3.8, 4) is 0 Å². The number of hydrogen-bond donors (Lipinski definition) is 2. The number of sulfonamides is 1. The third kappa shape index (κ3) is 2.92. The van der Waals surface area contributed by atoms with E-state index in [1.54, 1.807) is 12.1 Å². The first kappa shape index (κ1) is 17.2. The zero-order valence-corrected chi connectivity index (χ0v) is 15.1. The molecule has 0 saturated carbocycles. The summed E-state index contributed by atoms with van der Waals surface area (Å²) in [6.45, 7) is 1.19. The molecule has 3 N–H and O–H groups in total. The third-order valence-electron chi connectivity index (χ3n) is 5.20. The van der Waals surface area contributed by atoms with Crippen LogP contribution < -0.4 is 11.1 Å². The van der Waals surface area contributed by atoms with Crippen LogP contribution in [0.4, 0.5) is 0 Å². The third-order valence-corrected chi connectivity index (χ3v) is 7.03. The molecule has 4 rings (SSSR count). The second kappa shape index (κ2) is 6.50. The van der Waals surface area contributed by atoms with Crippen LogP contribution in [0.5, 0.6) is 0 Å². The predicted octanol–water partition coefficient (Wildman–Crippen LogP) is 1.09. The molecule has 0 radical (unpaired) electrons. The Balaban J connectivity index is 1.63. The molecule has 2 aliphatic heterocycles. The van der Waals surface area contributed by atoms with Crippen LogP contribution in [0.25, 0.3) is 0 Å². The molecule has 26 heavy (non-hydrogen) atoms. The summed E-state index contributed by atoms with van der Waals surface area (Å²) in [5, 5.41) is 2.75. The molecule has 0 spiro atoms. The van der Waals surface area contributed by atoms with Crippen LogP contribution in [0.1, 0.15) is 27.4 Å². The molecule has 0 aliphatic carbocycles. The molecule has 1 fully saturated rings. The average Bonchev–Trinajstić information content (AvgIpc) is 3.05. The molecule has 1 saturated heterocycles. The lowest BCUT2D eigenvalue weighted by Crippen LogP contribution is -2.34. The highest BCUT2D eigenvalue weighted by atomic mass is 32.2. The number of carbonyl (C=O) groups excluding carboxylic acids is 1. The minimum atomic E-state index is -3.70. The Hall–Kier alpha value is -2.22. The van der Waals surface area contributed by atoms with Gasteiger partial charge in [-0.2, -0.15) is 4.31 Å². The Morgan fingerprint density at radius 1 is 1.08 bits per heavy atom. The molecule has 0 aromatic heterocycles. The lowest BCUT2D eigenvalue weighted by Gasteiger charge is -2.20. The first-order valence-corrected chi connectivity index (χ1v) is 10.1. The highest BCUT2D eigenvalue weighted by molar-refractivity contribution is 7.89. The van der Waals surface area contributed by atoms with Gasteiger partial charge < -0.3 is 11.1 Å². The molecular formula is C19H21N3O3S. The van der Waals surface area contributed by atoms with Gasteiger partial charge in [0.05, 0.1) is 4.90 Å². The van der Waals surface area contributed by atoms with Gasteiger partial charge in [0.25, 0.3) is 5.91 Å². The molecule has 136 valence electrons. The molecule has 7 heteroatoms. The molecule has 2 aromatic rings. The SMILES string of the molecule is N[C@@H]1CN(S(=O)(=O)c2ccc3c(c2)C(=O)NCC3)C[C@H]1c1ccccc1. The summed E-state index contributed by atoms with van der Waals surface area (Å²) in [4.78, 5) is 12.2. The fourth-order valence-corrected chi connectivity index (χ4v) is 5.27. The van der Waals surface area contributed by atoms with Crippen molar-refractivity contribution < 1.29 is 13.2 Å². The lowest BCUT2D eigenvalue weighted by atomic mass is 9.95. The summed E-state index contributed by atoms with van der Waals surface area (Å²) in [5.41, 5.74) is 8.61. The van der Waals surface area contributed by atoms with Crippen molar-refractivity contribution in [1.29, 1.82) is 0 Å². The fraction of sp³-hybridized carbons (Fsp3) is 0.316. The van der Waals surface area contributed by atoms with E-state index < -0.39 is 10.0 Å². The maximum Gasteiger partial charge on any atom is 0.251 e. The molecule has 1 amide bonds. The van der Waals surface area contributed by atoms with Crippen LogP contribution >= 0.6 is 0 Å². The van der Waals surface area contributed by atoms with E-state index in [4.69, 9.17) is 5.73 Å². The fourth-order valence-electron chi connectivity index (χ4n) is 3.74. The molecule has 2 aromatic carbocycles. The van der Waals surface area contributed by atoms with Crippen molar-refractivity contribution in [2.75, 3.05) is 19.6 Å². The Morgan fingerprint density at radius 3 is 2.62 bits per heavy atom. The van der Waals surface area contributed by atoms with Gasteiger partial charge in [0, 0.05) is 37.2 Å². The smallest absolute Gasteiger partial charge is 0.251 e. The molecule has 2 atom stereocenters. The minimum absolute atomic E-state index is 0.0353. The Morgan fingerprint density at radius 2 is 1.85 bits per heavy atom. The van der Waals surface area contributed by atoms with Gasteiger partial charge in [0.2, 0.25) is 10.0 Å². The van der Waals surface area contributed by atoms with Crippen LogP contribution in [0.3, 0.4) is 0 Å². The summed E-state index contributed by atoms with van der Waals surface area (Å²) >= 11 is 0. The van der Waals surface area contributed by atoms with Gasteiger partial charge >= 0.3 is 0 Å². The topological polar surface area (TPSA) is 92.5 Å². The minimum Gasteiger partial charge on any atom is -0.352 e. The summed E-state index contributed by atoms with van der Waals surface area (Å²) in [6.07, 6.45) is 0.714. The van der Waals surface area contributed by atoms with Crippen LogP contribution in [-0.2, 0) is 16.4 Å². The Labute approximate surface area is 153 Å². The Kier molecular flexibility index (Phi) is 4.30. The predicted molar refractivity (Wildman–Crippen MR) is 98.4 cm³/mol. The summed E-state index contributed by atoms with van der Waals surface area (Å²) in [6, 6.07) is 14.3. The number of benzene rings is 2. The van der Waals surface area contributed by atoms with E-state index in [0.29, 0.717) is 25.1 Å². The van der Waals surface area contributed by atoms with E-state index >= 15 is 0 Å². The van der Waals surface area contributed by atoms with Crippen molar-refractivity contribution in [1.82, 2.24) is 9.62 Å². The number of carbonyl (C=O) groups is 1. The van der Waals surface area contributed by atoms with Crippen LogP contribution in [-0.4, -0.2) is 44.3 Å². The number of nitrogens with one attached hydrogen (secondary N) is 1. The van der Waals surface area contributed by atoms with Crippen molar-refractivity contribution in [3.05, 3.63) is 65.2 Å². The van der Waals surface area contributed by atoms with Gasteiger partial charge in [-0.1, -0.05) is 36.4 Å². The monoisotopic (exact) mass is 371 g/mol. The van der Waals surface area contributed by atoms with Gasteiger partial charge in [-0.05, 0) is 29.7 Å². The lowest BCUT2D eigenvalue weighted by molar-refractivity contribution is 0.0945. The van der Waals surface area contributed by atoms with Gasteiger partial charge in [0.15, 0.2) is 0 Å². The zero-order valence-electron chi connectivity index (χ0n) is 14.3. The van der Waals surface area contributed by atoms with Crippen LogP contribution in [0, 0.1) is 0 Å². The van der Waals surface area contributed by atoms with Crippen molar-refractivity contribution in [3.63, 3.8) is 0 Å². The van der Waals surface area contributed by atoms with E-state index in [1.165, 1.54) is 10.4 Å². The summed E-state index contributed by atoms with van der Waals surface area (Å²) in [5.74, 6) is -0.254. The quantitative estimate of drug-likeness (QED) is 0.845. The van der Waals surface area contributed by atoms with E-state index in [-0.39, 0.29) is 29.3 Å². The van der Waals surface area contributed by atoms with E-state index in [9.17, 15) is 13.2 Å². The van der Waals surface area contributed by atoms with Gasteiger partial charge in [-0.15, -0.1) is 0 Å². The number of amides is 1. The number of nitrogens with zero attached hydrogens (tertiary/aromatic N) is 1. The molecule has 2 aliphatic rings. The zero-order chi connectivity index (χ0) is 18.3. The molecule has 2 heterocycles. The van der Waals surface area contributed by atoms with Gasteiger partial charge in [-0.3, -0.25) is 4.79 Å². The molecule has 0 unspecified atom stereocenters. The molecular weight excluding hydrogens is 350 g/mol. The second-order valence-corrected chi connectivity index (χ2v) is 8.77. The Bertz CT molecular complexity index is 944. The maximum absolute atomic E-state index is 13.1. The first-order valence-electron chi connectivity index (χ1n) is 8.68. The summed E-state index contributed by atoms with van der Waals surface area (Å²) in [7, 11) is -3.70. The number of rotatable bonds is 3. The number of fused-ring (bicyclic) bond motifs is 1. The molecule has 6 nitrogen and oxygen atoms in total. The van der Waals surface area contributed by atoms with Crippen LogP contribution in [0.15, 0.2) is 53.4 Å². The highest BCUT2D eigenvalue weighted by Crippen LogP contribution is 2.31. The standard InChI is InChI=1S/C19H21N3O3S/c20-18-12-22(11-17(18)13-4-2-1-3-5-13)26(24,25)15-7-6-14-8-9-21-19(23)16(14)10-15/h1-7,10,17-18H,8-9,11-12,20H2,(H,21,23)/t17-,18+/m0/s1. The number of nitrogens with two attached hydrogens (primary N) is 1. The van der Waals surface area contributed by atoms with Crippen LogP contribution in [0.2, 0.25) is 0 Å². The highest BCUT2D eigenvalue weighted by Gasteiger charge is 2.38. The normalized spacial score (nSPS) is 23.5. The first-order chi connectivity index (χ1) is 12.5. The van der Waals surface area contributed by atoms with Crippen molar-refractivity contribution >= 4 is 15.9 Å². The maximum atomic E-state index is 13.1. The van der Waals surface area contributed by atoms with E-state index in [2.05, 4.69) is 5.32 Å².